The number of nitrogens with one attached hydrogen (secondary N) is 1. The zero-order chi connectivity index (χ0) is 23.5. The molecule has 1 aromatic carbocycles. The van der Waals surface area contributed by atoms with Crippen molar-refractivity contribution in [1.29, 1.82) is 0 Å². The van der Waals surface area contributed by atoms with Crippen LogP contribution in [-0.2, 0) is 10.3 Å². The van der Waals surface area contributed by atoms with Crippen molar-refractivity contribution >= 4 is 17.0 Å². The summed E-state index contributed by atoms with van der Waals surface area (Å²) in [5, 5.41) is 23.7. The number of aromatic nitrogens is 4. The number of hydrogen-bond acceptors (Lipinski definition) is 8. The summed E-state index contributed by atoms with van der Waals surface area (Å²) in [6.07, 6.45) is 0.768. The van der Waals surface area contributed by atoms with Crippen LogP contribution in [0.5, 0.6) is 5.75 Å². The van der Waals surface area contributed by atoms with E-state index in [0.29, 0.717) is 24.4 Å². The number of anilines is 1. The molecule has 3 N–H and O–H groups in total. The molecule has 11 heteroatoms. The van der Waals surface area contributed by atoms with Crippen LogP contribution in [0.4, 0.5) is 14.7 Å². The van der Waals surface area contributed by atoms with E-state index >= 15 is 4.39 Å². The van der Waals surface area contributed by atoms with E-state index in [4.69, 9.17) is 9.47 Å². The van der Waals surface area contributed by atoms with E-state index in [0.717, 1.165) is 12.3 Å². The standard InChI is InChI=1S/C22H25F2N5O4/c1-10-8-33-19-11(6-12(23)17-18(19)29(10)20(27-17)22(2,3)31)16-13(24)7-25-21(28-16)26-14-4-5-32-9-15(14)30/h6-7,10,14-15,30-31H,4-5,8-9H2,1-3H3,(H,25,26,28)/t10-,14-,15-/m1/s1. The van der Waals surface area contributed by atoms with Gasteiger partial charge in [-0.15, -0.1) is 0 Å². The summed E-state index contributed by atoms with van der Waals surface area (Å²) in [5.74, 6) is -0.802. The second-order valence-corrected chi connectivity index (χ2v) is 9.03. The average Bonchev–Trinajstić information content (AvgIpc) is 3.18. The Bertz CT molecular complexity index is 1230. The van der Waals surface area contributed by atoms with Crippen LogP contribution in [0, 0.1) is 11.6 Å². The normalized spacial score (nSPS) is 22.9. The molecule has 0 radical (unpaired) electrons. The number of imidazole rings is 1. The van der Waals surface area contributed by atoms with E-state index in [1.807, 2.05) is 6.92 Å². The Hall–Kier alpha value is -2.89. The molecule has 3 atom stereocenters. The number of aliphatic hydroxyl groups excluding tert-OH is 1. The van der Waals surface area contributed by atoms with Crippen molar-refractivity contribution in [2.24, 2.45) is 0 Å². The summed E-state index contributed by atoms with van der Waals surface area (Å²) in [7, 11) is 0. The Morgan fingerprint density at radius 1 is 1.21 bits per heavy atom. The first-order chi connectivity index (χ1) is 15.6. The fourth-order valence-electron chi connectivity index (χ4n) is 4.35. The van der Waals surface area contributed by atoms with Gasteiger partial charge in [-0.05, 0) is 33.3 Å². The van der Waals surface area contributed by atoms with Crippen LogP contribution in [0.1, 0.15) is 39.1 Å². The lowest BCUT2D eigenvalue weighted by Crippen LogP contribution is -2.42. The van der Waals surface area contributed by atoms with Crippen molar-refractivity contribution in [2.75, 3.05) is 25.1 Å². The fourth-order valence-corrected chi connectivity index (χ4v) is 4.35. The summed E-state index contributed by atoms with van der Waals surface area (Å²) in [5.41, 5.74) is -0.970. The van der Waals surface area contributed by atoms with Gasteiger partial charge in [0.15, 0.2) is 17.4 Å². The number of benzene rings is 1. The van der Waals surface area contributed by atoms with Gasteiger partial charge in [0.05, 0.1) is 36.6 Å². The van der Waals surface area contributed by atoms with E-state index < -0.39 is 23.3 Å². The van der Waals surface area contributed by atoms with Crippen LogP contribution >= 0.6 is 0 Å². The maximum absolute atomic E-state index is 15.2. The van der Waals surface area contributed by atoms with Gasteiger partial charge in [0, 0.05) is 6.61 Å². The molecule has 2 aliphatic heterocycles. The zero-order valence-electron chi connectivity index (χ0n) is 18.5. The average molecular weight is 461 g/mol. The maximum atomic E-state index is 15.2. The largest absolute Gasteiger partial charge is 0.488 e. The van der Waals surface area contributed by atoms with Crippen molar-refractivity contribution in [3.05, 3.63) is 29.7 Å². The Kier molecular flexibility index (Phi) is 5.22. The molecule has 4 heterocycles. The molecule has 33 heavy (non-hydrogen) atoms. The van der Waals surface area contributed by atoms with Gasteiger partial charge in [-0.2, -0.15) is 0 Å². The molecule has 1 fully saturated rings. The highest BCUT2D eigenvalue weighted by molar-refractivity contribution is 5.92. The Labute approximate surface area is 188 Å². The Morgan fingerprint density at radius 2 is 2.00 bits per heavy atom. The van der Waals surface area contributed by atoms with Crippen molar-refractivity contribution < 1.29 is 28.5 Å². The van der Waals surface area contributed by atoms with Crippen LogP contribution < -0.4 is 10.1 Å². The maximum Gasteiger partial charge on any atom is 0.223 e. The van der Waals surface area contributed by atoms with Crippen molar-refractivity contribution in [3.8, 4) is 17.0 Å². The topological polar surface area (TPSA) is 115 Å². The number of hydrogen-bond donors (Lipinski definition) is 3. The van der Waals surface area contributed by atoms with Crippen LogP contribution in [0.2, 0.25) is 0 Å². The summed E-state index contributed by atoms with van der Waals surface area (Å²) in [6, 6.07) is 0.557. The Balaban J connectivity index is 1.65. The van der Waals surface area contributed by atoms with Crippen LogP contribution in [0.25, 0.3) is 22.3 Å². The highest BCUT2D eigenvalue weighted by Gasteiger charge is 2.35. The highest BCUT2D eigenvalue weighted by Crippen LogP contribution is 2.44. The van der Waals surface area contributed by atoms with Gasteiger partial charge in [-0.3, -0.25) is 0 Å². The van der Waals surface area contributed by atoms with Crippen LogP contribution in [-0.4, -0.2) is 61.7 Å². The van der Waals surface area contributed by atoms with Crippen molar-refractivity contribution in [2.45, 2.75) is 51.0 Å². The first-order valence-electron chi connectivity index (χ1n) is 10.8. The number of rotatable bonds is 4. The number of ether oxygens (including phenoxy) is 2. The molecular formula is C22H25F2N5O4. The lowest BCUT2D eigenvalue weighted by Gasteiger charge is -2.29. The number of halogens is 2. The lowest BCUT2D eigenvalue weighted by atomic mass is 10.1. The molecule has 0 spiro atoms. The van der Waals surface area contributed by atoms with Gasteiger partial charge in [0.25, 0.3) is 0 Å². The van der Waals surface area contributed by atoms with Crippen molar-refractivity contribution in [3.63, 3.8) is 0 Å². The molecule has 9 nitrogen and oxygen atoms in total. The Morgan fingerprint density at radius 3 is 2.73 bits per heavy atom. The lowest BCUT2D eigenvalue weighted by molar-refractivity contribution is -0.0136. The molecule has 3 aromatic rings. The van der Waals surface area contributed by atoms with Crippen LogP contribution in [0.15, 0.2) is 12.3 Å². The monoisotopic (exact) mass is 461 g/mol. The summed E-state index contributed by atoms with van der Waals surface area (Å²) in [4.78, 5) is 12.6. The molecule has 0 aliphatic carbocycles. The zero-order valence-corrected chi connectivity index (χ0v) is 18.5. The highest BCUT2D eigenvalue weighted by atomic mass is 19.1. The SMILES string of the molecule is C[C@@H]1COc2c(-c3nc(N[C@@H]4CCOC[C@H]4O)ncc3F)cc(F)c3nc(C(C)(C)O)n1c23. The third kappa shape index (κ3) is 3.69. The fraction of sp³-hybridized carbons (Fsp3) is 0.500. The molecule has 0 saturated carbocycles. The number of aliphatic hydroxyl groups is 2. The van der Waals surface area contributed by atoms with Gasteiger partial charge < -0.3 is 29.6 Å². The molecule has 176 valence electrons. The molecular weight excluding hydrogens is 436 g/mol. The molecule has 2 aliphatic rings. The van der Waals surface area contributed by atoms with E-state index in [-0.39, 0.29) is 53.8 Å². The molecule has 1 saturated heterocycles. The third-order valence-electron chi connectivity index (χ3n) is 5.96. The van der Waals surface area contributed by atoms with Gasteiger partial charge in [0.1, 0.15) is 34.8 Å². The van der Waals surface area contributed by atoms with Gasteiger partial charge in [0.2, 0.25) is 5.95 Å². The first-order valence-corrected chi connectivity index (χ1v) is 10.8. The van der Waals surface area contributed by atoms with Gasteiger partial charge in [-0.1, -0.05) is 0 Å². The second kappa shape index (κ2) is 7.86. The van der Waals surface area contributed by atoms with E-state index in [2.05, 4.69) is 20.3 Å². The minimum atomic E-state index is -1.32. The third-order valence-corrected chi connectivity index (χ3v) is 5.96. The second-order valence-electron chi connectivity index (χ2n) is 9.03. The molecule has 0 unspecified atom stereocenters. The van der Waals surface area contributed by atoms with Gasteiger partial charge in [-0.25, -0.2) is 23.7 Å². The van der Waals surface area contributed by atoms with E-state index in [1.165, 1.54) is 0 Å². The van der Waals surface area contributed by atoms with E-state index in [1.54, 1.807) is 18.4 Å². The first kappa shape index (κ1) is 21.9. The molecule has 0 bridgehead atoms. The molecule has 5 rings (SSSR count). The van der Waals surface area contributed by atoms with Crippen LogP contribution in [0.3, 0.4) is 0 Å². The molecule has 2 aromatic heterocycles. The number of nitrogens with zero attached hydrogens (tertiary/aromatic N) is 4. The predicted molar refractivity (Wildman–Crippen MR) is 115 cm³/mol. The van der Waals surface area contributed by atoms with Gasteiger partial charge >= 0.3 is 0 Å². The minimum absolute atomic E-state index is 0.0376. The van der Waals surface area contributed by atoms with Crippen molar-refractivity contribution in [1.82, 2.24) is 19.5 Å². The minimum Gasteiger partial charge on any atom is -0.488 e. The summed E-state index contributed by atoms with van der Waals surface area (Å²) < 4.78 is 43.0. The summed E-state index contributed by atoms with van der Waals surface area (Å²) >= 11 is 0. The van der Waals surface area contributed by atoms with E-state index in [9.17, 15) is 14.6 Å². The predicted octanol–water partition coefficient (Wildman–Crippen LogP) is 2.51. The smallest absolute Gasteiger partial charge is 0.223 e. The summed E-state index contributed by atoms with van der Waals surface area (Å²) in [6.45, 7) is 5.89. The molecule has 0 amide bonds. The quantitative estimate of drug-likeness (QED) is 0.543.